The molecule has 2 aromatic rings. The molecule has 0 N–H and O–H groups in total. The molecule has 0 saturated carbocycles. The summed E-state index contributed by atoms with van der Waals surface area (Å²) in [4.78, 5) is 18.7. The predicted molar refractivity (Wildman–Crippen MR) is 101 cm³/mol. The fourth-order valence-electron chi connectivity index (χ4n) is 2.28. The maximum absolute atomic E-state index is 12.4. The lowest BCUT2D eigenvalue weighted by atomic mass is 10.0. The third kappa shape index (κ3) is 6.19. The quantitative estimate of drug-likeness (QED) is 0.386. The lowest BCUT2D eigenvalue weighted by Crippen LogP contribution is -2.31. The zero-order valence-electron chi connectivity index (χ0n) is 15.5. The van der Waals surface area contributed by atoms with Crippen LogP contribution in [0.2, 0.25) is 0 Å². The minimum Gasteiger partial charge on any atom is -0.489 e. The first kappa shape index (κ1) is 21.6. The summed E-state index contributed by atoms with van der Waals surface area (Å²) in [7, 11) is 4.56. The van der Waals surface area contributed by atoms with Gasteiger partial charge in [0.05, 0.1) is 0 Å². The fraction of sp³-hybridized carbons (Fsp3) is 0.263. The molecule has 0 aliphatic carbocycles. The van der Waals surface area contributed by atoms with Crippen LogP contribution in [0.4, 0.5) is 13.2 Å². The van der Waals surface area contributed by atoms with E-state index >= 15 is 0 Å². The summed E-state index contributed by atoms with van der Waals surface area (Å²) in [5.74, 6) is 0.0772. The molecule has 150 valence electrons. The van der Waals surface area contributed by atoms with Gasteiger partial charge in [0, 0.05) is 24.6 Å². The van der Waals surface area contributed by atoms with E-state index in [1.165, 1.54) is 36.3 Å². The zero-order chi connectivity index (χ0) is 20.7. The van der Waals surface area contributed by atoms with Crippen LogP contribution in [0.25, 0.3) is 0 Å². The summed E-state index contributed by atoms with van der Waals surface area (Å²) in [5, 5.41) is 3.84. The van der Waals surface area contributed by atoms with Crippen molar-refractivity contribution in [2.45, 2.75) is 17.0 Å². The molecule has 28 heavy (non-hydrogen) atoms. The van der Waals surface area contributed by atoms with Crippen LogP contribution in [-0.2, 0) is 16.2 Å². The first-order valence-corrected chi connectivity index (χ1v) is 8.92. The Kier molecular flexibility index (Phi) is 7.33. The van der Waals surface area contributed by atoms with Gasteiger partial charge in [-0.05, 0) is 41.6 Å². The second kappa shape index (κ2) is 9.50. The Morgan fingerprint density at radius 2 is 1.75 bits per heavy atom. The standard InChI is InChI=1S/C19H19F3N2O3S/c1-24(2)18(25)17(23-26-3)16-7-5-4-6-13(16)12-27-14-8-10-15(11-9-14)28-19(20,21)22/h4-11H,12H2,1-3H3/b23-17+. The zero-order valence-corrected chi connectivity index (χ0v) is 16.3. The van der Waals surface area contributed by atoms with Crippen molar-refractivity contribution in [2.24, 2.45) is 5.16 Å². The number of amides is 1. The first-order chi connectivity index (χ1) is 13.2. The van der Waals surface area contributed by atoms with Crippen molar-refractivity contribution < 1.29 is 27.5 Å². The Hall–Kier alpha value is -2.68. The molecule has 0 aromatic heterocycles. The normalized spacial score (nSPS) is 11.9. The molecule has 5 nitrogen and oxygen atoms in total. The van der Waals surface area contributed by atoms with E-state index < -0.39 is 5.51 Å². The molecular weight excluding hydrogens is 393 g/mol. The maximum atomic E-state index is 12.4. The van der Waals surface area contributed by atoms with Gasteiger partial charge in [0.1, 0.15) is 19.5 Å². The van der Waals surface area contributed by atoms with Crippen molar-refractivity contribution >= 4 is 23.4 Å². The molecule has 0 fully saturated rings. The van der Waals surface area contributed by atoms with Crippen LogP contribution in [0, 0.1) is 0 Å². The van der Waals surface area contributed by atoms with Crippen molar-refractivity contribution in [3.05, 3.63) is 59.7 Å². The van der Waals surface area contributed by atoms with E-state index in [1.807, 2.05) is 0 Å². The summed E-state index contributed by atoms with van der Waals surface area (Å²) in [6, 6.07) is 12.7. The Bertz CT molecular complexity index is 837. The molecule has 0 radical (unpaired) electrons. The molecule has 0 bridgehead atoms. The highest BCUT2D eigenvalue weighted by molar-refractivity contribution is 8.00. The van der Waals surface area contributed by atoms with Crippen LogP contribution in [0.15, 0.2) is 58.6 Å². The fourth-order valence-corrected chi connectivity index (χ4v) is 2.82. The second-order valence-electron chi connectivity index (χ2n) is 5.79. The summed E-state index contributed by atoms with van der Waals surface area (Å²) in [5.41, 5.74) is -2.98. The Labute approximate surface area is 165 Å². The molecule has 2 aromatic carbocycles. The number of nitrogens with zero attached hydrogens (tertiary/aromatic N) is 2. The molecule has 0 heterocycles. The van der Waals surface area contributed by atoms with E-state index in [-0.39, 0.29) is 34.9 Å². The van der Waals surface area contributed by atoms with Gasteiger partial charge in [-0.3, -0.25) is 4.79 Å². The number of rotatable bonds is 7. The minimum atomic E-state index is -4.34. The van der Waals surface area contributed by atoms with Crippen molar-refractivity contribution in [2.75, 3.05) is 21.2 Å². The van der Waals surface area contributed by atoms with Gasteiger partial charge in [0.2, 0.25) is 0 Å². The second-order valence-corrected chi connectivity index (χ2v) is 6.93. The molecule has 2 rings (SSSR count). The lowest BCUT2D eigenvalue weighted by Gasteiger charge is -2.15. The van der Waals surface area contributed by atoms with E-state index in [1.54, 1.807) is 38.4 Å². The minimum absolute atomic E-state index is 0.0753. The predicted octanol–water partition coefficient (Wildman–Crippen LogP) is 4.32. The van der Waals surface area contributed by atoms with Gasteiger partial charge >= 0.3 is 5.51 Å². The highest BCUT2D eigenvalue weighted by Crippen LogP contribution is 2.37. The van der Waals surface area contributed by atoms with Gasteiger partial charge in [0.25, 0.3) is 5.91 Å². The molecule has 0 aliphatic heterocycles. The van der Waals surface area contributed by atoms with Gasteiger partial charge in [-0.1, -0.05) is 29.4 Å². The number of halogens is 3. The molecule has 0 saturated heterocycles. The monoisotopic (exact) mass is 412 g/mol. The molecule has 0 spiro atoms. The van der Waals surface area contributed by atoms with Crippen LogP contribution < -0.4 is 4.74 Å². The number of benzene rings is 2. The van der Waals surface area contributed by atoms with Crippen LogP contribution in [-0.4, -0.2) is 43.2 Å². The highest BCUT2D eigenvalue weighted by Gasteiger charge is 2.29. The van der Waals surface area contributed by atoms with E-state index in [0.717, 1.165) is 0 Å². The Morgan fingerprint density at radius 1 is 1.11 bits per heavy atom. The molecule has 0 aliphatic rings. The number of alkyl halides is 3. The van der Waals surface area contributed by atoms with Gasteiger partial charge < -0.3 is 14.5 Å². The van der Waals surface area contributed by atoms with Gasteiger partial charge in [0.15, 0.2) is 5.71 Å². The van der Waals surface area contributed by atoms with Crippen molar-refractivity contribution in [3.8, 4) is 5.75 Å². The Balaban J connectivity index is 2.17. The number of carbonyl (C=O) groups is 1. The van der Waals surface area contributed by atoms with Crippen LogP contribution in [0.3, 0.4) is 0 Å². The molecule has 1 amide bonds. The van der Waals surface area contributed by atoms with Gasteiger partial charge in [-0.25, -0.2) is 0 Å². The van der Waals surface area contributed by atoms with Crippen molar-refractivity contribution in [1.82, 2.24) is 4.90 Å². The number of ether oxygens (including phenoxy) is 1. The van der Waals surface area contributed by atoms with Crippen LogP contribution in [0.1, 0.15) is 11.1 Å². The third-order valence-electron chi connectivity index (χ3n) is 3.52. The van der Waals surface area contributed by atoms with Crippen LogP contribution in [0.5, 0.6) is 5.75 Å². The largest absolute Gasteiger partial charge is 0.489 e. The molecule has 0 atom stereocenters. The van der Waals surface area contributed by atoms with Crippen molar-refractivity contribution in [1.29, 1.82) is 0 Å². The Morgan fingerprint density at radius 3 is 2.32 bits per heavy atom. The van der Waals surface area contributed by atoms with E-state index in [9.17, 15) is 18.0 Å². The van der Waals surface area contributed by atoms with E-state index in [0.29, 0.717) is 16.9 Å². The topological polar surface area (TPSA) is 51.1 Å². The molecule has 0 unspecified atom stereocenters. The summed E-state index contributed by atoms with van der Waals surface area (Å²) < 4.78 is 42.9. The van der Waals surface area contributed by atoms with Crippen molar-refractivity contribution in [3.63, 3.8) is 0 Å². The summed E-state index contributed by atoms with van der Waals surface area (Å²) >= 11 is -0.186. The van der Waals surface area contributed by atoms with Crippen LogP contribution >= 0.6 is 11.8 Å². The maximum Gasteiger partial charge on any atom is 0.446 e. The number of hydrogen-bond acceptors (Lipinski definition) is 5. The van der Waals surface area contributed by atoms with E-state index in [2.05, 4.69) is 5.16 Å². The number of thioether (sulfide) groups is 1. The van der Waals surface area contributed by atoms with E-state index in [4.69, 9.17) is 9.57 Å². The summed E-state index contributed by atoms with van der Waals surface area (Å²) in [6.45, 7) is 0.103. The smallest absolute Gasteiger partial charge is 0.446 e. The van der Waals surface area contributed by atoms with Gasteiger partial charge in [-0.15, -0.1) is 0 Å². The average Bonchev–Trinajstić information content (AvgIpc) is 2.64. The first-order valence-electron chi connectivity index (χ1n) is 8.11. The third-order valence-corrected chi connectivity index (χ3v) is 4.25. The average molecular weight is 412 g/mol. The SMILES string of the molecule is CO/N=C(/C(=O)N(C)C)c1ccccc1COc1ccc(SC(F)(F)F)cc1. The van der Waals surface area contributed by atoms with Gasteiger partial charge in [-0.2, -0.15) is 13.2 Å². The molecular formula is C19H19F3N2O3S. The summed E-state index contributed by atoms with van der Waals surface area (Å²) in [6.07, 6.45) is 0. The number of likely N-dealkylation sites (N-methyl/N-ethyl adjacent to an activating group) is 1. The highest BCUT2D eigenvalue weighted by atomic mass is 32.2. The number of oxime groups is 1. The molecule has 9 heteroatoms. The number of hydrogen-bond donors (Lipinski definition) is 0. The lowest BCUT2D eigenvalue weighted by molar-refractivity contribution is -0.121. The number of carbonyl (C=O) groups excluding carboxylic acids is 1.